The van der Waals surface area contributed by atoms with E-state index in [1.165, 1.54) is 0 Å². The molecule has 0 spiro atoms. The largest absolute Gasteiger partial charge is 0.349 e. The summed E-state index contributed by atoms with van der Waals surface area (Å²) in [5, 5.41) is 1.99. The molecule has 0 unspecified atom stereocenters. The second kappa shape index (κ2) is 6.95. The molecule has 1 aliphatic heterocycles. The van der Waals surface area contributed by atoms with Crippen LogP contribution in [-0.2, 0) is 16.0 Å². The summed E-state index contributed by atoms with van der Waals surface area (Å²) in [4.78, 5) is 39.7. The van der Waals surface area contributed by atoms with Gasteiger partial charge in [-0.2, -0.15) is 0 Å². The monoisotopic (exact) mass is 349 g/mol. The number of aryl methyl sites for hydroxylation is 1. The molecule has 1 aromatic carbocycles. The van der Waals surface area contributed by atoms with Gasteiger partial charge in [-0.1, -0.05) is 12.1 Å². The summed E-state index contributed by atoms with van der Waals surface area (Å²) in [5.74, 6) is 0.705. The van der Waals surface area contributed by atoms with Gasteiger partial charge in [0.05, 0.1) is 5.69 Å². The zero-order valence-electron chi connectivity index (χ0n) is 14.3. The minimum atomic E-state index is -0.0630. The average Bonchev–Trinajstić information content (AvgIpc) is 3.19. The lowest BCUT2D eigenvalue weighted by Gasteiger charge is -2.35. The molecule has 7 nitrogen and oxygen atoms in total. The molecule has 0 bridgehead atoms. The third-order valence-electron chi connectivity index (χ3n) is 4.65. The van der Waals surface area contributed by atoms with Crippen LogP contribution in [0, 0.1) is 0 Å². The Morgan fingerprint density at radius 3 is 2.92 bits per heavy atom. The molecule has 132 valence electrons. The van der Waals surface area contributed by atoms with E-state index in [-0.39, 0.29) is 18.4 Å². The number of nitrogens with one attached hydrogen (secondary N) is 1. The molecule has 0 radical (unpaired) electrons. The van der Waals surface area contributed by atoms with E-state index >= 15 is 0 Å². The van der Waals surface area contributed by atoms with Crippen LogP contribution in [-0.4, -0.2) is 51.3 Å². The van der Waals surface area contributed by atoms with E-state index < -0.39 is 0 Å². The van der Waals surface area contributed by atoms with Gasteiger partial charge in [0, 0.05) is 61.5 Å². The van der Waals surface area contributed by atoms with Crippen LogP contribution in [0.4, 0.5) is 5.69 Å². The zero-order valence-corrected chi connectivity index (χ0v) is 14.3. The number of piperazine rings is 1. The summed E-state index contributed by atoms with van der Waals surface area (Å²) in [6.45, 7) is 1.13. The number of aromatic amines is 1. The number of hydrogen-bond acceptors (Lipinski definition) is 4. The number of anilines is 1. The number of carbonyl (C=O) groups is 2. The molecule has 3 aromatic rings. The molecular weight excluding hydrogens is 330 g/mol. The number of rotatable bonds is 4. The predicted molar refractivity (Wildman–Crippen MR) is 97.6 cm³/mol. The molecule has 0 saturated carbocycles. The van der Waals surface area contributed by atoms with E-state index in [9.17, 15) is 9.59 Å². The lowest BCUT2D eigenvalue weighted by atomic mass is 10.1. The van der Waals surface area contributed by atoms with Crippen molar-refractivity contribution in [3.63, 3.8) is 0 Å². The molecule has 4 rings (SSSR count). The van der Waals surface area contributed by atoms with Crippen LogP contribution in [0.15, 0.2) is 49.1 Å². The fourth-order valence-electron chi connectivity index (χ4n) is 3.30. The Balaban J connectivity index is 1.45. The Kier molecular flexibility index (Phi) is 4.35. The second-order valence-electron chi connectivity index (χ2n) is 6.27. The van der Waals surface area contributed by atoms with Gasteiger partial charge in [0.2, 0.25) is 11.8 Å². The van der Waals surface area contributed by atoms with E-state index in [2.05, 4.69) is 15.0 Å². The van der Waals surface area contributed by atoms with Crippen LogP contribution in [0.2, 0.25) is 0 Å². The molecule has 1 saturated heterocycles. The summed E-state index contributed by atoms with van der Waals surface area (Å²) in [7, 11) is 0. The molecule has 1 aliphatic rings. The Morgan fingerprint density at radius 1 is 1.19 bits per heavy atom. The molecule has 0 aliphatic carbocycles. The molecular formula is C19H19N5O2. The number of fused-ring (bicyclic) bond motifs is 1. The van der Waals surface area contributed by atoms with Crippen molar-refractivity contribution in [2.45, 2.75) is 12.8 Å². The summed E-state index contributed by atoms with van der Waals surface area (Å²) in [5.41, 5.74) is 0.873. The molecule has 7 heteroatoms. The van der Waals surface area contributed by atoms with Crippen molar-refractivity contribution in [1.29, 1.82) is 0 Å². The van der Waals surface area contributed by atoms with Crippen molar-refractivity contribution in [2.24, 2.45) is 0 Å². The predicted octanol–water partition coefficient (Wildman–Crippen LogP) is 1.77. The van der Waals surface area contributed by atoms with Crippen molar-refractivity contribution in [1.82, 2.24) is 19.9 Å². The van der Waals surface area contributed by atoms with Crippen LogP contribution in [0.3, 0.4) is 0 Å². The topological polar surface area (TPSA) is 82.2 Å². The fraction of sp³-hybridized carbons (Fsp3) is 0.263. The first kappa shape index (κ1) is 16.3. The number of imidazole rings is 1. The first-order chi connectivity index (χ1) is 12.7. The van der Waals surface area contributed by atoms with E-state index in [4.69, 9.17) is 0 Å². The van der Waals surface area contributed by atoms with Gasteiger partial charge in [0.15, 0.2) is 0 Å². The Hall–Kier alpha value is -3.22. The van der Waals surface area contributed by atoms with Gasteiger partial charge in [-0.25, -0.2) is 4.98 Å². The summed E-state index contributed by atoms with van der Waals surface area (Å²) < 4.78 is 0. The molecule has 1 N–H and O–H groups in total. The number of carbonyl (C=O) groups excluding carboxylic acids is 2. The van der Waals surface area contributed by atoms with Gasteiger partial charge in [0.25, 0.3) is 0 Å². The number of benzene rings is 1. The Labute approximate surface area is 150 Å². The lowest BCUT2D eigenvalue weighted by molar-refractivity contribution is -0.136. The van der Waals surface area contributed by atoms with E-state index in [1.54, 1.807) is 34.6 Å². The standard InChI is InChI=1S/C19H19N5O2/c25-18(5-4-17-21-8-9-22-17)23-10-11-24(19(26)13-23)16-3-1-2-14-12-20-7-6-15(14)16/h1-3,6-9,12H,4-5,10-11,13H2,(H,21,22). The third kappa shape index (κ3) is 3.15. The molecule has 26 heavy (non-hydrogen) atoms. The summed E-state index contributed by atoms with van der Waals surface area (Å²) in [6, 6.07) is 7.76. The van der Waals surface area contributed by atoms with Gasteiger partial charge < -0.3 is 14.8 Å². The maximum atomic E-state index is 12.7. The highest BCUT2D eigenvalue weighted by atomic mass is 16.2. The first-order valence-electron chi connectivity index (χ1n) is 8.61. The normalized spacial score (nSPS) is 14.8. The average molecular weight is 349 g/mol. The van der Waals surface area contributed by atoms with Crippen molar-refractivity contribution in [3.05, 3.63) is 54.9 Å². The second-order valence-corrected chi connectivity index (χ2v) is 6.27. The number of aromatic nitrogens is 3. The molecule has 2 amide bonds. The van der Waals surface area contributed by atoms with Crippen LogP contribution < -0.4 is 4.90 Å². The minimum Gasteiger partial charge on any atom is -0.349 e. The SMILES string of the molecule is O=C(CCc1ncc[nH]1)N1CCN(c2cccc3cnccc23)C(=O)C1. The van der Waals surface area contributed by atoms with Gasteiger partial charge in [0.1, 0.15) is 12.4 Å². The summed E-state index contributed by atoms with van der Waals surface area (Å²) in [6.07, 6.45) is 7.82. The minimum absolute atomic E-state index is 0.0171. The highest BCUT2D eigenvalue weighted by Crippen LogP contribution is 2.27. The van der Waals surface area contributed by atoms with E-state index in [1.807, 2.05) is 24.3 Å². The number of amides is 2. The van der Waals surface area contributed by atoms with E-state index in [0.717, 1.165) is 22.3 Å². The van der Waals surface area contributed by atoms with Gasteiger partial charge in [-0.3, -0.25) is 14.6 Å². The van der Waals surface area contributed by atoms with Crippen LogP contribution >= 0.6 is 0 Å². The van der Waals surface area contributed by atoms with Crippen molar-refractivity contribution in [2.75, 3.05) is 24.5 Å². The maximum absolute atomic E-state index is 12.7. The Bertz CT molecular complexity index is 933. The number of hydrogen-bond donors (Lipinski definition) is 1. The number of nitrogens with zero attached hydrogens (tertiary/aromatic N) is 4. The highest BCUT2D eigenvalue weighted by molar-refractivity contribution is 6.05. The highest BCUT2D eigenvalue weighted by Gasteiger charge is 2.28. The van der Waals surface area contributed by atoms with Crippen molar-refractivity contribution < 1.29 is 9.59 Å². The maximum Gasteiger partial charge on any atom is 0.246 e. The van der Waals surface area contributed by atoms with Crippen molar-refractivity contribution in [3.8, 4) is 0 Å². The number of H-pyrrole nitrogens is 1. The van der Waals surface area contributed by atoms with E-state index in [0.29, 0.717) is 25.9 Å². The van der Waals surface area contributed by atoms with Gasteiger partial charge >= 0.3 is 0 Å². The van der Waals surface area contributed by atoms with Gasteiger partial charge in [-0.15, -0.1) is 0 Å². The molecule has 0 atom stereocenters. The fourth-order valence-corrected chi connectivity index (χ4v) is 3.30. The zero-order chi connectivity index (χ0) is 17.9. The first-order valence-corrected chi connectivity index (χ1v) is 8.61. The van der Waals surface area contributed by atoms with Gasteiger partial charge in [-0.05, 0) is 12.1 Å². The lowest BCUT2D eigenvalue weighted by Crippen LogP contribution is -2.52. The van der Waals surface area contributed by atoms with Crippen molar-refractivity contribution >= 4 is 28.3 Å². The quantitative estimate of drug-likeness (QED) is 0.778. The van der Waals surface area contributed by atoms with Crippen LogP contribution in [0.1, 0.15) is 12.2 Å². The van der Waals surface area contributed by atoms with Crippen LogP contribution in [0.5, 0.6) is 0 Å². The number of pyridine rings is 1. The molecule has 1 fully saturated rings. The summed E-state index contributed by atoms with van der Waals surface area (Å²) >= 11 is 0. The molecule has 2 aromatic heterocycles. The molecule has 3 heterocycles. The smallest absolute Gasteiger partial charge is 0.246 e. The Morgan fingerprint density at radius 2 is 2.12 bits per heavy atom. The third-order valence-corrected chi connectivity index (χ3v) is 4.65. The van der Waals surface area contributed by atoms with Crippen LogP contribution in [0.25, 0.3) is 10.8 Å².